The molecule has 1 aliphatic carbocycles. The summed E-state index contributed by atoms with van der Waals surface area (Å²) in [6.45, 7) is 2.95. The summed E-state index contributed by atoms with van der Waals surface area (Å²) in [5, 5.41) is 0. The first-order chi connectivity index (χ1) is 11.6. The van der Waals surface area contributed by atoms with Gasteiger partial charge in [-0.3, -0.25) is 4.79 Å². The molecule has 3 fully saturated rings. The van der Waals surface area contributed by atoms with Gasteiger partial charge in [-0.2, -0.15) is 0 Å². The molecule has 4 rings (SSSR count). The van der Waals surface area contributed by atoms with Crippen molar-refractivity contribution in [3.63, 3.8) is 0 Å². The van der Waals surface area contributed by atoms with Crippen LogP contribution in [0.15, 0.2) is 30.3 Å². The Morgan fingerprint density at radius 1 is 1.25 bits per heavy atom. The lowest BCUT2D eigenvalue weighted by Gasteiger charge is -2.31. The van der Waals surface area contributed by atoms with E-state index in [4.69, 9.17) is 9.47 Å². The maximum atomic E-state index is 12.8. The Balaban J connectivity index is 1.55. The van der Waals surface area contributed by atoms with Gasteiger partial charge in [0.05, 0.1) is 0 Å². The summed E-state index contributed by atoms with van der Waals surface area (Å²) in [6, 6.07) is 9.26. The predicted octanol–water partition coefficient (Wildman–Crippen LogP) is 2.32. The molecule has 2 saturated heterocycles. The predicted molar refractivity (Wildman–Crippen MR) is 87.0 cm³/mol. The minimum Gasteiger partial charge on any atom is -0.450 e. The highest BCUT2D eigenvalue weighted by Crippen LogP contribution is 2.56. The SMILES string of the molecule is CO[C@H](C(=O)O[C@H]1C(=O)N2CCC3CCC1[C@@]32C)c1ccccc1. The zero-order chi connectivity index (χ0) is 16.9. The normalized spacial score (nSPS) is 35.2. The standard InChI is InChI=1S/C19H23NO4/c1-19-13-8-9-14(19)16(17(21)20(19)11-10-13)24-18(22)15(23-2)12-6-4-3-5-7-12/h3-7,13-16H,8-11H2,1-2H3/t13?,14?,15-,16+,19+/m0/s1. The molecular weight excluding hydrogens is 306 g/mol. The average Bonchev–Trinajstić information content (AvgIpc) is 3.15. The molecule has 1 aromatic carbocycles. The lowest BCUT2D eigenvalue weighted by atomic mass is 9.84. The third-order valence-electron chi connectivity index (χ3n) is 6.36. The monoisotopic (exact) mass is 329 g/mol. The second-order valence-corrected chi connectivity index (χ2v) is 7.27. The Labute approximate surface area is 141 Å². The van der Waals surface area contributed by atoms with Crippen LogP contribution in [0.3, 0.4) is 0 Å². The fraction of sp³-hybridized carbons (Fsp3) is 0.579. The van der Waals surface area contributed by atoms with E-state index in [2.05, 4.69) is 6.92 Å². The number of ether oxygens (including phenoxy) is 2. The Hall–Kier alpha value is -1.88. The van der Waals surface area contributed by atoms with Gasteiger partial charge < -0.3 is 14.4 Å². The van der Waals surface area contributed by atoms with Crippen LogP contribution in [0.4, 0.5) is 0 Å². The number of nitrogens with zero attached hydrogens (tertiary/aromatic N) is 1. The summed E-state index contributed by atoms with van der Waals surface area (Å²) in [5.74, 6) is 0.147. The van der Waals surface area contributed by atoms with Gasteiger partial charge in [-0.05, 0) is 37.7 Å². The highest BCUT2D eigenvalue weighted by atomic mass is 16.6. The Morgan fingerprint density at radius 3 is 2.71 bits per heavy atom. The topological polar surface area (TPSA) is 55.8 Å². The van der Waals surface area contributed by atoms with Gasteiger partial charge in [0.1, 0.15) is 0 Å². The highest BCUT2D eigenvalue weighted by molar-refractivity contribution is 5.89. The van der Waals surface area contributed by atoms with E-state index < -0.39 is 18.2 Å². The number of amides is 1. The van der Waals surface area contributed by atoms with Gasteiger partial charge in [0.2, 0.25) is 0 Å². The summed E-state index contributed by atoms with van der Waals surface area (Å²) < 4.78 is 11.1. The quantitative estimate of drug-likeness (QED) is 0.796. The second-order valence-electron chi connectivity index (χ2n) is 7.27. The van der Waals surface area contributed by atoms with Crippen LogP contribution >= 0.6 is 0 Å². The summed E-state index contributed by atoms with van der Waals surface area (Å²) in [4.78, 5) is 27.4. The van der Waals surface area contributed by atoms with E-state index in [0.29, 0.717) is 5.92 Å². The summed E-state index contributed by atoms with van der Waals surface area (Å²) in [7, 11) is 1.49. The molecule has 3 aliphatic rings. The van der Waals surface area contributed by atoms with Gasteiger partial charge in [-0.25, -0.2) is 4.79 Å². The molecule has 5 atom stereocenters. The Kier molecular flexibility index (Phi) is 3.64. The molecule has 0 radical (unpaired) electrons. The molecule has 1 amide bonds. The largest absolute Gasteiger partial charge is 0.450 e. The van der Waals surface area contributed by atoms with Crippen LogP contribution in [0, 0.1) is 11.8 Å². The smallest absolute Gasteiger partial charge is 0.340 e. The van der Waals surface area contributed by atoms with Gasteiger partial charge in [0.15, 0.2) is 12.2 Å². The van der Waals surface area contributed by atoms with Crippen LogP contribution in [0.1, 0.15) is 37.9 Å². The summed E-state index contributed by atoms with van der Waals surface area (Å²) >= 11 is 0. The molecule has 0 bridgehead atoms. The Morgan fingerprint density at radius 2 is 2.00 bits per heavy atom. The van der Waals surface area contributed by atoms with Gasteiger partial charge >= 0.3 is 5.97 Å². The van der Waals surface area contributed by atoms with Gasteiger partial charge in [-0.1, -0.05) is 30.3 Å². The minimum absolute atomic E-state index is 0.0269. The summed E-state index contributed by atoms with van der Waals surface area (Å²) in [5.41, 5.74) is 0.614. The van der Waals surface area contributed by atoms with E-state index in [1.807, 2.05) is 35.2 Å². The number of carbonyl (C=O) groups is 2. The third kappa shape index (κ3) is 2.04. The zero-order valence-electron chi connectivity index (χ0n) is 14.1. The van der Waals surface area contributed by atoms with E-state index in [9.17, 15) is 9.59 Å². The zero-order valence-corrected chi connectivity index (χ0v) is 14.1. The van der Waals surface area contributed by atoms with Gasteiger partial charge in [-0.15, -0.1) is 0 Å². The van der Waals surface area contributed by atoms with Crippen LogP contribution < -0.4 is 0 Å². The van der Waals surface area contributed by atoms with Crippen molar-refractivity contribution < 1.29 is 19.1 Å². The third-order valence-corrected chi connectivity index (χ3v) is 6.36. The molecule has 2 aliphatic heterocycles. The van der Waals surface area contributed by atoms with E-state index in [0.717, 1.165) is 31.4 Å². The van der Waals surface area contributed by atoms with Gasteiger partial charge in [0, 0.05) is 25.1 Å². The number of methoxy groups -OCH3 is 1. The fourth-order valence-electron chi connectivity index (χ4n) is 5.10. The highest BCUT2D eigenvalue weighted by Gasteiger charge is 2.66. The summed E-state index contributed by atoms with van der Waals surface area (Å²) in [6.07, 6.45) is 1.69. The molecular formula is C19H23NO4. The molecule has 5 heteroatoms. The first-order valence-electron chi connectivity index (χ1n) is 8.67. The van der Waals surface area contributed by atoms with Crippen LogP contribution in [-0.2, 0) is 19.1 Å². The molecule has 1 aromatic rings. The number of esters is 1. The first-order valence-corrected chi connectivity index (χ1v) is 8.67. The van der Waals surface area contributed by atoms with E-state index in [1.54, 1.807) is 0 Å². The van der Waals surface area contributed by atoms with E-state index >= 15 is 0 Å². The molecule has 24 heavy (non-hydrogen) atoms. The lowest BCUT2D eigenvalue weighted by Crippen LogP contribution is -2.42. The number of rotatable bonds is 4. The van der Waals surface area contributed by atoms with Crippen molar-refractivity contribution in [1.29, 1.82) is 0 Å². The van der Waals surface area contributed by atoms with Crippen molar-refractivity contribution in [3.05, 3.63) is 35.9 Å². The molecule has 5 nitrogen and oxygen atoms in total. The molecule has 1 saturated carbocycles. The minimum atomic E-state index is -0.792. The van der Waals surface area contributed by atoms with Crippen LogP contribution in [0.5, 0.6) is 0 Å². The van der Waals surface area contributed by atoms with Crippen molar-refractivity contribution in [2.75, 3.05) is 13.7 Å². The van der Waals surface area contributed by atoms with Crippen molar-refractivity contribution in [2.45, 2.75) is 43.9 Å². The van der Waals surface area contributed by atoms with E-state index in [-0.39, 0.29) is 17.4 Å². The molecule has 2 heterocycles. The van der Waals surface area contributed by atoms with Crippen molar-refractivity contribution in [1.82, 2.24) is 4.90 Å². The molecule has 0 N–H and O–H groups in total. The maximum Gasteiger partial charge on any atom is 0.340 e. The number of benzene rings is 1. The Bertz CT molecular complexity index is 661. The van der Waals surface area contributed by atoms with Crippen LogP contribution in [0.25, 0.3) is 0 Å². The van der Waals surface area contributed by atoms with Crippen LogP contribution in [-0.4, -0.2) is 42.1 Å². The van der Waals surface area contributed by atoms with Gasteiger partial charge in [0.25, 0.3) is 5.91 Å². The molecule has 0 aromatic heterocycles. The second kappa shape index (κ2) is 5.59. The average molecular weight is 329 g/mol. The van der Waals surface area contributed by atoms with Crippen LogP contribution in [0.2, 0.25) is 0 Å². The number of hydrogen-bond acceptors (Lipinski definition) is 4. The number of carbonyl (C=O) groups excluding carboxylic acids is 2. The van der Waals surface area contributed by atoms with E-state index in [1.165, 1.54) is 7.11 Å². The molecule has 2 unspecified atom stereocenters. The number of hydrogen-bond donors (Lipinski definition) is 0. The van der Waals surface area contributed by atoms with Crippen molar-refractivity contribution in [2.24, 2.45) is 11.8 Å². The molecule has 128 valence electrons. The molecule has 0 spiro atoms. The lowest BCUT2D eigenvalue weighted by molar-refractivity contribution is -0.167. The van der Waals surface area contributed by atoms with Crippen molar-refractivity contribution >= 4 is 11.9 Å². The van der Waals surface area contributed by atoms with Crippen molar-refractivity contribution in [3.8, 4) is 0 Å². The first kappa shape index (κ1) is 15.6. The fourth-order valence-corrected chi connectivity index (χ4v) is 5.10. The maximum absolute atomic E-state index is 12.8.